The van der Waals surface area contributed by atoms with E-state index < -0.39 is 0 Å². The summed E-state index contributed by atoms with van der Waals surface area (Å²) in [5.41, 5.74) is 7.87. The third-order valence-electron chi connectivity index (χ3n) is 4.21. The van der Waals surface area contributed by atoms with Crippen molar-refractivity contribution >= 4 is 5.69 Å². The van der Waals surface area contributed by atoms with Gasteiger partial charge in [0.2, 0.25) is 0 Å². The van der Waals surface area contributed by atoms with Crippen LogP contribution in [0.4, 0.5) is 5.69 Å². The predicted octanol–water partition coefficient (Wildman–Crippen LogP) is 3.03. The lowest BCUT2D eigenvalue weighted by molar-refractivity contribution is 0.298. The van der Waals surface area contributed by atoms with Crippen molar-refractivity contribution in [1.82, 2.24) is 0 Å². The molecule has 0 aromatic heterocycles. The summed E-state index contributed by atoms with van der Waals surface area (Å²) in [5.74, 6) is 0. The molecule has 1 saturated carbocycles. The molecule has 2 heteroatoms. The molecule has 2 unspecified atom stereocenters. The molecule has 94 valence electrons. The Morgan fingerprint density at radius 1 is 1.35 bits per heavy atom. The van der Waals surface area contributed by atoms with Crippen LogP contribution in [-0.4, -0.2) is 19.1 Å². The van der Waals surface area contributed by atoms with Crippen molar-refractivity contribution in [2.24, 2.45) is 11.1 Å². The lowest BCUT2D eigenvalue weighted by Crippen LogP contribution is -2.44. The Balaban J connectivity index is 2.10. The van der Waals surface area contributed by atoms with Crippen LogP contribution < -0.4 is 10.6 Å². The lowest BCUT2D eigenvalue weighted by atomic mass is 9.84. The molecule has 0 saturated heterocycles. The number of rotatable bonds is 4. The van der Waals surface area contributed by atoms with Gasteiger partial charge in [-0.15, -0.1) is 0 Å². The number of para-hydroxylation sites is 1. The van der Waals surface area contributed by atoms with Gasteiger partial charge in [-0.25, -0.2) is 0 Å². The van der Waals surface area contributed by atoms with Gasteiger partial charge in [0, 0.05) is 30.2 Å². The monoisotopic (exact) mass is 232 g/mol. The molecule has 2 N–H and O–H groups in total. The molecule has 0 heterocycles. The lowest BCUT2D eigenvalue weighted by Gasteiger charge is -2.36. The summed E-state index contributed by atoms with van der Waals surface area (Å²) in [5, 5.41) is 0. The zero-order chi connectivity index (χ0) is 12.3. The highest BCUT2D eigenvalue weighted by atomic mass is 15.1. The predicted molar refractivity (Wildman–Crippen MR) is 74.3 cm³/mol. The quantitative estimate of drug-likeness (QED) is 0.864. The number of nitrogens with zero attached hydrogens (tertiary/aromatic N) is 1. The number of hydrogen-bond donors (Lipinski definition) is 1. The molecule has 1 aliphatic carbocycles. The molecule has 1 aliphatic rings. The van der Waals surface area contributed by atoms with E-state index in [4.69, 9.17) is 5.73 Å². The van der Waals surface area contributed by atoms with Crippen LogP contribution in [0.3, 0.4) is 0 Å². The first kappa shape index (κ1) is 12.4. The maximum Gasteiger partial charge on any atom is 0.0366 e. The normalized spacial score (nSPS) is 28.3. The second-order valence-electron chi connectivity index (χ2n) is 5.50. The smallest absolute Gasteiger partial charge is 0.0366 e. The summed E-state index contributed by atoms with van der Waals surface area (Å²) >= 11 is 0. The van der Waals surface area contributed by atoms with E-state index in [0.717, 1.165) is 13.1 Å². The number of nitrogens with two attached hydrogens (primary N) is 1. The largest absolute Gasteiger partial charge is 0.371 e. The summed E-state index contributed by atoms with van der Waals surface area (Å²) in [6.45, 7) is 6.69. The van der Waals surface area contributed by atoms with Gasteiger partial charge in [-0.05, 0) is 31.9 Å². The fourth-order valence-electron chi connectivity index (χ4n) is 2.92. The minimum Gasteiger partial charge on any atom is -0.371 e. The van der Waals surface area contributed by atoms with Crippen LogP contribution >= 0.6 is 0 Å². The van der Waals surface area contributed by atoms with Crippen LogP contribution in [0.5, 0.6) is 0 Å². The molecule has 1 fully saturated rings. The van der Waals surface area contributed by atoms with Gasteiger partial charge < -0.3 is 10.6 Å². The third kappa shape index (κ3) is 2.63. The molecule has 0 aliphatic heterocycles. The van der Waals surface area contributed by atoms with E-state index in [-0.39, 0.29) is 5.41 Å². The van der Waals surface area contributed by atoms with Gasteiger partial charge in [-0.1, -0.05) is 31.5 Å². The van der Waals surface area contributed by atoms with Crippen molar-refractivity contribution in [3.05, 3.63) is 30.3 Å². The SMILES string of the molecule is CCN(CC1(C)CCCC1N)c1ccccc1. The Labute approximate surface area is 105 Å². The van der Waals surface area contributed by atoms with Gasteiger partial charge in [0.05, 0.1) is 0 Å². The van der Waals surface area contributed by atoms with E-state index in [0.29, 0.717) is 6.04 Å². The van der Waals surface area contributed by atoms with Crippen molar-refractivity contribution in [2.45, 2.75) is 39.2 Å². The van der Waals surface area contributed by atoms with E-state index in [1.165, 1.54) is 24.9 Å². The molecule has 0 bridgehead atoms. The second-order valence-corrected chi connectivity index (χ2v) is 5.50. The summed E-state index contributed by atoms with van der Waals surface area (Å²) < 4.78 is 0. The molecule has 1 aromatic carbocycles. The van der Waals surface area contributed by atoms with Crippen LogP contribution in [0.1, 0.15) is 33.1 Å². The average Bonchev–Trinajstić information content (AvgIpc) is 2.68. The number of benzene rings is 1. The first-order chi connectivity index (χ1) is 8.15. The van der Waals surface area contributed by atoms with E-state index in [1.54, 1.807) is 0 Å². The Morgan fingerprint density at radius 3 is 2.59 bits per heavy atom. The topological polar surface area (TPSA) is 29.3 Å². The third-order valence-corrected chi connectivity index (χ3v) is 4.21. The fourth-order valence-corrected chi connectivity index (χ4v) is 2.92. The maximum atomic E-state index is 6.27. The zero-order valence-electron chi connectivity index (χ0n) is 11.0. The summed E-state index contributed by atoms with van der Waals surface area (Å²) in [7, 11) is 0. The van der Waals surface area contributed by atoms with Gasteiger partial charge in [-0.2, -0.15) is 0 Å². The van der Waals surface area contributed by atoms with Crippen molar-refractivity contribution in [3.8, 4) is 0 Å². The van der Waals surface area contributed by atoms with Crippen molar-refractivity contribution < 1.29 is 0 Å². The van der Waals surface area contributed by atoms with Crippen LogP contribution in [0.25, 0.3) is 0 Å². The molecular formula is C15H24N2. The minimum absolute atomic E-state index is 0.284. The Hall–Kier alpha value is -1.02. The van der Waals surface area contributed by atoms with Gasteiger partial charge in [0.1, 0.15) is 0 Å². The molecule has 17 heavy (non-hydrogen) atoms. The van der Waals surface area contributed by atoms with Crippen LogP contribution in [-0.2, 0) is 0 Å². The Morgan fingerprint density at radius 2 is 2.06 bits per heavy atom. The fraction of sp³-hybridized carbons (Fsp3) is 0.600. The van der Waals surface area contributed by atoms with E-state index in [1.807, 2.05) is 0 Å². The average molecular weight is 232 g/mol. The molecule has 0 spiro atoms. The van der Waals surface area contributed by atoms with Crippen LogP contribution in [0, 0.1) is 5.41 Å². The van der Waals surface area contributed by atoms with Gasteiger partial charge >= 0.3 is 0 Å². The van der Waals surface area contributed by atoms with Gasteiger partial charge in [0.15, 0.2) is 0 Å². The molecule has 2 rings (SSSR count). The Bertz CT molecular complexity index is 349. The molecule has 2 atom stereocenters. The van der Waals surface area contributed by atoms with E-state index in [9.17, 15) is 0 Å². The van der Waals surface area contributed by atoms with Gasteiger partial charge in [0.25, 0.3) is 0 Å². The molecular weight excluding hydrogens is 208 g/mol. The molecule has 0 amide bonds. The standard InChI is InChI=1S/C15H24N2/c1-3-17(13-8-5-4-6-9-13)12-15(2)11-7-10-14(15)16/h4-6,8-9,14H,3,7,10-12,16H2,1-2H3. The van der Waals surface area contributed by atoms with E-state index >= 15 is 0 Å². The van der Waals surface area contributed by atoms with Gasteiger partial charge in [-0.3, -0.25) is 0 Å². The molecule has 0 radical (unpaired) electrons. The van der Waals surface area contributed by atoms with Crippen molar-refractivity contribution in [3.63, 3.8) is 0 Å². The maximum absolute atomic E-state index is 6.27. The molecule has 1 aromatic rings. The van der Waals surface area contributed by atoms with Crippen molar-refractivity contribution in [2.75, 3.05) is 18.0 Å². The second kappa shape index (κ2) is 5.09. The first-order valence-electron chi connectivity index (χ1n) is 6.71. The van der Waals surface area contributed by atoms with Crippen molar-refractivity contribution in [1.29, 1.82) is 0 Å². The highest BCUT2D eigenvalue weighted by molar-refractivity contribution is 5.46. The first-order valence-corrected chi connectivity index (χ1v) is 6.71. The van der Waals surface area contributed by atoms with Crippen LogP contribution in [0.2, 0.25) is 0 Å². The van der Waals surface area contributed by atoms with E-state index in [2.05, 4.69) is 49.1 Å². The summed E-state index contributed by atoms with van der Waals surface area (Å²) in [6.07, 6.45) is 3.73. The summed E-state index contributed by atoms with van der Waals surface area (Å²) in [6, 6.07) is 11.0. The summed E-state index contributed by atoms with van der Waals surface area (Å²) in [4.78, 5) is 2.45. The molecule has 2 nitrogen and oxygen atoms in total. The number of hydrogen-bond acceptors (Lipinski definition) is 2. The highest BCUT2D eigenvalue weighted by Crippen LogP contribution is 2.38. The highest BCUT2D eigenvalue weighted by Gasteiger charge is 2.37. The number of anilines is 1. The zero-order valence-corrected chi connectivity index (χ0v) is 11.0. The Kier molecular flexibility index (Phi) is 3.72. The van der Waals surface area contributed by atoms with Crippen LogP contribution in [0.15, 0.2) is 30.3 Å². The minimum atomic E-state index is 0.284.